The molecule has 0 saturated carbocycles. The van der Waals surface area contributed by atoms with Crippen molar-refractivity contribution in [3.8, 4) is 0 Å². The summed E-state index contributed by atoms with van der Waals surface area (Å²) in [6, 6.07) is 3.97. The maximum Gasteiger partial charge on any atom is 0.157 e. The summed E-state index contributed by atoms with van der Waals surface area (Å²) in [5.41, 5.74) is 0. The zero-order valence-electron chi connectivity index (χ0n) is 9.78. The van der Waals surface area contributed by atoms with Crippen LogP contribution in [0.3, 0.4) is 0 Å². The van der Waals surface area contributed by atoms with Crippen molar-refractivity contribution < 1.29 is 9.47 Å². The van der Waals surface area contributed by atoms with Crippen molar-refractivity contribution in [1.82, 2.24) is 5.32 Å². The third-order valence-electron chi connectivity index (χ3n) is 2.65. The second-order valence-corrected chi connectivity index (χ2v) is 5.85. The molecular weight excluding hydrogens is 258 g/mol. The fourth-order valence-electron chi connectivity index (χ4n) is 1.76. The SMILES string of the molecule is Clc1ccc(CNCCOC2CCCCO2)s1. The van der Waals surface area contributed by atoms with E-state index in [2.05, 4.69) is 5.32 Å². The summed E-state index contributed by atoms with van der Waals surface area (Å²) >= 11 is 7.46. The van der Waals surface area contributed by atoms with Crippen LogP contribution in [-0.4, -0.2) is 26.0 Å². The molecule has 96 valence electrons. The fourth-order valence-corrected chi connectivity index (χ4v) is 2.82. The van der Waals surface area contributed by atoms with E-state index in [4.69, 9.17) is 21.1 Å². The summed E-state index contributed by atoms with van der Waals surface area (Å²) in [5.74, 6) is 0. The number of rotatable bonds is 6. The van der Waals surface area contributed by atoms with Crippen LogP contribution in [0.15, 0.2) is 12.1 Å². The van der Waals surface area contributed by atoms with Crippen LogP contribution >= 0.6 is 22.9 Å². The molecule has 1 fully saturated rings. The second kappa shape index (κ2) is 7.34. The number of nitrogens with one attached hydrogen (secondary N) is 1. The molecule has 5 heteroatoms. The minimum atomic E-state index is 0.0155. The maximum absolute atomic E-state index is 5.85. The molecule has 1 unspecified atom stereocenters. The van der Waals surface area contributed by atoms with Gasteiger partial charge in [-0.25, -0.2) is 0 Å². The standard InChI is InChI=1S/C12H18ClNO2S/c13-11-5-4-10(17-11)9-14-6-8-16-12-3-1-2-7-15-12/h4-5,12,14H,1-3,6-9H2. The van der Waals surface area contributed by atoms with Crippen molar-refractivity contribution in [2.45, 2.75) is 32.1 Å². The molecule has 0 bridgehead atoms. The molecular formula is C12H18ClNO2S. The first kappa shape index (κ1) is 13.3. The average Bonchev–Trinajstić information content (AvgIpc) is 2.76. The highest BCUT2D eigenvalue weighted by molar-refractivity contribution is 7.16. The first-order valence-electron chi connectivity index (χ1n) is 6.03. The van der Waals surface area contributed by atoms with Crippen LogP contribution in [0.1, 0.15) is 24.1 Å². The lowest BCUT2D eigenvalue weighted by Gasteiger charge is -2.22. The van der Waals surface area contributed by atoms with Gasteiger partial charge in [0.05, 0.1) is 10.9 Å². The third-order valence-corrected chi connectivity index (χ3v) is 3.88. The van der Waals surface area contributed by atoms with Gasteiger partial charge in [0.25, 0.3) is 0 Å². The molecule has 1 aliphatic heterocycles. The highest BCUT2D eigenvalue weighted by Gasteiger charge is 2.13. The maximum atomic E-state index is 5.85. The topological polar surface area (TPSA) is 30.5 Å². The Kier molecular flexibility index (Phi) is 5.74. The number of hydrogen-bond acceptors (Lipinski definition) is 4. The molecule has 1 atom stereocenters. The Morgan fingerprint density at radius 1 is 1.47 bits per heavy atom. The molecule has 1 saturated heterocycles. The lowest BCUT2D eigenvalue weighted by atomic mass is 10.2. The predicted molar refractivity (Wildman–Crippen MR) is 70.6 cm³/mol. The summed E-state index contributed by atoms with van der Waals surface area (Å²) in [7, 11) is 0. The number of ether oxygens (including phenoxy) is 2. The molecule has 2 heterocycles. The summed E-state index contributed by atoms with van der Waals surface area (Å²) in [6.45, 7) is 3.23. The van der Waals surface area contributed by atoms with Crippen LogP contribution in [0, 0.1) is 0 Å². The van der Waals surface area contributed by atoms with Gasteiger partial charge < -0.3 is 14.8 Å². The molecule has 0 aliphatic carbocycles. The number of thiophene rings is 1. The minimum absolute atomic E-state index is 0.0155. The van der Waals surface area contributed by atoms with Crippen molar-refractivity contribution in [3.63, 3.8) is 0 Å². The molecule has 2 rings (SSSR count). The molecule has 17 heavy (non-hydrogen) atoms. The van der Waals surface area contributed by atoms with Crippen LogP contribution < -0.4 is 5.32 Å². The van der Waals surface area contributed by atoms with Gasteiger partial charge in [0.2, 0.25) is 0 Å². The average molecular weight is 276 g/mol. The van der Waals surface area contributed by atoms with Gasteiger partial charge in [-0.2, -0.15) is 0 Å². The molecule has 0 spiro atoms. The van der Waals surface area contributed by atoms with E-state index in [-0.39, 0.29) is 6.29 Å². The highest BCUT2D eigenvalue weighted by Crippen LogP contribution is 2.20. The summed E-state index contributed by atoms with van der Waals surface area (Å²) < 4.78 is 11.9. The Hall–Kier alpha value is -0.130. The Morgan fingerprint density at radius 3 is 3.12 bits per heavy atom. The Morgan fingerprint density at radius 2 is 2.41 bits per heavy atom. The summed E-state index contributed by atoms with van der Waals surface area (Å²) in [4.78, 5) is 1.25. The van der Waals surface area contributed by atoms with E-state index in [1.165, 1.54) is 11.3 Å². The van der Waals surface area contributed by atoms with Crippen molar-refractivity contribution >= 4 is 22.9 Å². The van der Waals surface area contributed by atoms with Gasteiger partial charge in [-0.3, -0.25) is 0 Å². The Bertz CT molecular complexity index is 326. The molecule has 1 aliphatic rings. The normalized spacial score (nSPS) is 20.6. The highest BCUT2D eigenvalue weighted by atomic mass is 35.5. The smallest absolute Gasteiger partial charge is 0.157 e. The van der Waals surface area contributed by atoms with E-state index in [1.807, 2.05) is 12.1 Å². The predicted octanol–water partition coefficient (Wildman–Crippen LogP) is 3.03. The fraction of sp³-hybridized carbons (Fsp3) is 0.667. The molecule has 0 aromatic carbocycles. The van der Waals surface area contributed by atoms with Crippen molar-refractivity contribution in [3.05, 3.63) is 21.3 Å². The minimum Gasteiger partial charge on any atom is -0.353 e. The quantitative estimate of drug-likeness (QED) is 0.810. The largest absolute Gasteiger partial charge is 0.353 e. The molecule has 1 aromatic rings. The zero-order chi connectivity index (χ0) is 11.9. The summed E-state index contributed by atoms with van der Waals surface area (Å²) in [5, 5.41) is 3.33. The van der Waals surface area contributed by atoms with Gasteiger partial charge in [0.1, 0.15) is 0 Å². The Balaban J connectivity index is 1.51. The van der Waals surface area contributed by atoms with Gasteiger partial charge >= 0.3 is 0 Å². The number of hydrogen-bond donors (Lipinski definition) is 1. The van der Waals surface area contributed by atoms with Crippen LogP contribution in [0.2, 0.25) is 4.34 Å². The van der Waals surface area contributed by atoms with E-state index in [0.717, 1.165) is 36.9 Å². The van der Waals surface area contributed by atoms with Crippen molar-refractivity contribution in [1.29, 1.82) is 0 Å². The van der Waals surface area contributed by atoms with Gasteiger partial charge in [0, 0.05) is 24.6 Å². The molecule has 1 N–H and O–H groups in total. The van der Waals surface area contributed by atoms with Crippen LogP contribution in [0.5, 0.6) is 0 Å². The van der Waals surface area contributed by atoms with Crippen LogP contribution in [0.25, 0.3) is 0 Å². The van der Waals surface area contributed by atoms with Gasteiger partial charge in [-0.1, -0.05) is 11.6 Å². The van der Waals surface area contributed by atoms with Gasteiger partial charge in [-0.05, 0) is 31.4 Å². The molecule has 0 radical (unpaired) electrons. The second-order valence-electron chi connectivity index (χ2n) is 4.05. The van der Waals surface area contributed by atoms with Crippen LogP contribution in [-0.2, 0) is 16.0 Å². The lowest BCUT2D eigenvalue weighted by Crippen LogP contribution is -2.26. The number of halogens is 1. The molecule has 3 nitrogen and oxygen atoms in total. The van der Waals surface area contributed by atoms with Crippen molar-refractivity contribution in [2.24, 2.45) is 0 Å². The van der Waals surface area contributed by atoms with Crippen molar-refractivity contribution in [2.75, 3.05) is 19.8 Å². The van der Waals surface area contributed by atoms with Crippen LogP contribution in [0.4, 0.5) is 0 Å². The lowest BCUT2D eigenvalue weighted by molar-refractivity contribution is -0.161. The van der Waals surface area contributed by atoms with E-state index in [9.17, 15) is 0 Å². The van der Waals surface area contributed by atoms with E-state index < -0.39 is 0 Å². The first-order valence-corrected chi connectivity index (χ1v) is 7.22. The monoisotopic (exact) mass is 275 g/mol. The summed E-state index contributed by atoms with van der Waals surface area (Å²) in [6.07, 6.45) is 3.42. The molecule has 1 aromatic heterocycles. The van der Waals surface area contributed by atoms with E-state index >= 15 is 0 Å². The Labute approximate surface area is 111 Å². The zero-order valence-corrected chi connectivity index (χ0v) is 11.4. The van der Waals surface area contributed by atoms with Gasteiger partial charge in [0.15, 0.2) is 6.29 Å². The van der Waals surface area contributed by atoms with E-state index in [1.54, 1.807) is 11.3 Å². The van der Waals surface area contributed by atoms with Gasteiger partial charge in [-0.15, -0.1) is 11.3 Å². The van der Waals surface area contributed by atoms with E-state index in [0.29, 0.717) is 6.61 Å². The third kappa shape index (κ3) is 4.94. The molecule has 0 amide bonds. The first-order chi connectivity index (χ1) is 8.34.